The predicted molar refractivity (Wildman–Crippen MR) is 43.6 cm³/mol. The topological polar surface area (TPSA) is 18.5 Å². The Kier molecular flexibility index (Phi) is 21.3. The van der Waals surface area contributed by atoms with Gasteiger partial charge in [-0.25, -0.2) is 0 Å². The first-order valence-electron chi connectivity index (χ1n) is 2.95. The highest BCUT2D eigenvalue weighted by atomic mass is 35.5. The van der Waals surface area contributed by atoms with Crippen molar-refractivity contribution in [2.24, 2.45) is 0 Å². The van der Waals surface area contributed by atoms with Crippen LogP contribution in [0.2, 0.25) is 0 Å². The first kappa shape index (κ1) is 12.1. The maximum absolute atomic E-state index is 4.99. The largest absolute Gasteiger partial charge is 0.399 e. The van der Waals surface area contributed by atoms with Gasteiger partial charge in [-0.15, -0.1) is 11.6 Å². The molecule has 0 fully saturated rings. The Labute approximate surface area is 64.6 Å². The van der Waals surface area contributed by atoms with E-state index in [0.29, 0.717) is 0 Å². The zero-order valence-electron chi connectivity index (χ0n) is 6.32. The second kappa shape index (κ2) is 15.8. The number of alkyl halides is 1. The SMILES string of the molecule is CCO[SiH2]OCC.CCl. The van der Waals surface area contributed by atoms with Crippen LogP contribution in [0.15, 0.2) is 0 Å². The normalized spacial score (nSPS) is 8.00. The molecule has 0 N–H and O–H groups in total. The fourth-order valence-electron chi connectivity index (χ4n) is 0.226. The summed E-state index contributed by atoms with van der Waals surface area (Å²) in [6, 6.07) is 0. The van der Waals surface area contributed by atoms with Crippen LogP contribution in [0.4, 0.5) is 0 Å². The van der Waals surface area contributed by atoms with E-state index in [1.807, 2.05) is 13.8 Å². The molecule has 0 rings (SSSR count). The van der Waals surface area contributed by atoms with Crippen LogP contribution in [-0.4, -0.2) is 29.6 Å². The van der Waals surface area contributed by atoms with Gasteiger partial charge < -0.3 is 8.85 Å². The van der Waals surface area contributed by atoms with E-state index in [1.54, 1.807) is 0 Å². The van der Waals surface area contributed by atoms with Crippen molar-refractivity contribution in [3.05, 3.63) is 0 Å². The minimum absolute atomic E-state index is 0.589. The summed E-state index contributed by atoms with van der Waals surface area (Å²) in [5, 5.41) is 0. The highest BCUT2D eigenvalue weighted by Gasteiger charge is 1.79. The lowest BCUT2D eigenvalue weighted by Gasteiger charge is -1.96. The molecule has 0 aliphatic heterocycles. The van der Waals surface area contributed by atoms with E-state index in [9.17, 15) is 0 Å². The molecule has 0 bridgehead atoms. The van der Waals surface area contributed by atoms with Crippen LogP contribution < -0.4 is 0 Å². The Bertz CT molecular complexity index is 34.1. The summed E-state index contributed by atoms with van der Waals surface area (Å²) in [6.07, 6.45) is 1.47. The number of hydrogen-bond acceptors (Lipinski definition) is 2. The zero-order chi connectivity index (χ0) is 7.54. The molecule has 0 heterocycles. The van der Waals surface area contributed by atoms with Crippen LogP contribution in [0.25, 0.3) is 0 Å². The minimum atomic E-state index is -0.589. The summed E-state index contributed by atoms with van der Waals surface area (Å²) in [5.41, 5.74) is 0. The summed E-state index contributed by atoms with van der Waals surface area (Å²) in [5.74, 6) is 0. The van der Waals surface area contributed by atoms with Gasteiger partial charge in [0.2, 0.25) is 0 Å². The van der Waals surface area contributed by atoms with Crippen molar-refractivity contribution >= 4 is 21.6 Å². The monoisotopic (exact) mass is 170 g/mol. The van der Waals surface area contributed by atoms with E-state index in [0.717, 1.165) is 13.2 Å². The van der Waals surface area contributed by atoms with Crippen molar-refractivity contribution in [1.29, 1.82) is 0 Å². The zero-order valence-corrected chi connectivity index (χ0v) is 8.49. The van der Waals surface area contributed by atoms with Gasteiger partial charge in [0.1, 0.15) is 0 Å². The Morgan fingerprint density at radius 2 is 1.44 bits per heavy atom. The van der Waals surface area contributed by atoms with Gasteiger partial charge in [0, 0.05) is 19.6 Å². The van der Waals surface area contributed by atoms with E-state index >= 15 is 0 Å². The van der Waals surface area contributed by atoms with Gasteiger partial charge in [-0.1, -0.05) is 0 Å². The van der Waals surface area contributed by atoms with Crippen LogP contribution in [0, 0.1) is 0 Å². The Hall–Kier alpha value is 0.427. The Balaban J connectivity index is 0. The highest BCUT2D eigenvalue weighted by Crippen LogP contribution is 1.70. The van der Waals surface area contributed by atoms with E-state index < -0.39 is 10.0 Å². The van der Waals surface area contributed by atoms with Crippen molar-refractivity contribution in [2.75, 3.05) is 19.6 Å². The third-order valence-corrected chi connectivity index (χ3v) is 1.72. The molecule has 2 nitrogen and oxygen atoms in total. The first-order chi connectivity index (χ1) is 4.41. The lowest BCUT2D eigenvalue weighted by atomic mass is 10.9. The van der Waals surface area contributed by atoms with Crippen LogP contribution in [-0.2, 0) is 8.85 Å². The van der Waals surface area contributed by atoms with Crippen molar-refractivity contribution in [2.45, 2.75) is 13.8 Å². The van der Waals surface area contributed by atoms with Crippen LogP contribution in [0.5, 0.6) is 0 Å². The summed E-state index contributed by atoms with van der Waals surface area (Å²) in [6.45, 7) is 5.55. The fraction of sp³-hybridized carbons (Fsp3) is 1.00. The average molecular weight is 171 g/mol. The van der Waals surface area contributed by atoms with Crippen molar-refractivity contribution in [3.63, 3.8) is 0 Å². The third kappa shape index (κ3) is 17.8. The molecule has 0 unspecified atom stereocenters. The lowest BCUT2D eigenvalue weighted by molar-refractivity contribution is 0.240. The highest BCUT2D eigenvalue weighted by molar-refractivity contribution is 6.17. The molecule has 9 heavy (non-hydrogen) atoms. The second-order valence-electron chi connectivity index (χ2n) is 1.10. The summed E-state index contributed by atoms with van der Waals surface area (Å²) < 4.78 is 9.98. The smallest absolute Gasteiger partial charge is 0.304 e. The Morgan fingerprint density at radius 1 is 1.11 bits per heavy atom. The van der Waals surface area contributed by atoms with Crippen molar-refractivity contribution in [1.82, 2.24) is 0 Å². The molecule has 0 spiro atoms. The fourth-order valence-corrected chi connectivity index (χ4v) is 0.677. The molecule has 0 amide bonds. The third-order valence-electron chi connectivity index (χ3n) is 0.575. The van der Waals surface area contributed by atoms with Gasteiger partial charge in [-0.05, 0) is 13.8 Å². The lowest BCUT2D eigenvalue weighted by Crippen LogP contribution is -2.02. The van der Waals surface area contributed by atoms with Gasteiger partial charge in [0.15, 0.2) is 0 Å². The minimum Gasteiger partial charge on any atom is -0.399 e. The van der Waals surface area contributed by atoms with E-state index in [2.05, 4.69) is 11.6 Å². The van der Waals surface area contributed by atoms with Crippen LogP contribution >= 0.6 is 11.6 Å². The number of hydrogen-bond donors (Lipinski definition) is 0. The molecule has 0 aliphatic rings. The number of rotatable bonds is 4. The predicted octanol–water partition coefficient (Wildman–Crippen LogP) is 0.913. The molecule has 0 aromatic heterocycles. The van der Waals surface area contributed by atoms with E-state index in [-0.39, 0.29) is 0 Å². The van der Waals surface area contributed by atoms with Gasteiger partial charge >= 0.3 is 10.0 Å². The number of halogens is 1. The maximum atomic E-state index is 4.99. The van der Waals surface area contributed by atoms with Gasteiger partial charge in [0.25, 0.3) is 0 Å². The Morgan fingerprint density at radius 3 is 1.67 bits per heavy atom. The van der Waals surface area contributed by atoms with Crippen LogP contribution in [0.1, 0.15) is 13.8 Å². The van der Waals surface area contributed by atoms with E-state index in [4.69, 9.17) is 8.85 Å². The molecule has 58 valence electrons. The van der Waals surface area contributed by atoms with Crippen LogP contribution in [0.3, 0.4) is 0 Å². The summed E-state index contributed by atoms with van der Waals surface area (Å²) >= 11 is 4.64. The molecule has 0 radical (unpaired) electrons. The maximum Gasteiger partial charge on any atom is 0.304 e. The van der Waals surface area contributed by atoms with Crippen molar-refractivity contribution < 1.29 is 8.85 Å². The molecule has 0 aliphatic carbocycles. The van der Waals surface area contributed by atoms with Gasteiger partial charge in [-0.2, -0.15) is 0 Å². The molecule has 0 saturated heterocycles. The molecule has 0 saturated carbocycles. The quantitative estimate of drug-likeness (QED) is 0.355. The average Bonchev–Trinajstić information content (AvgIpc) is 1.94. The molecular weight excluding hydrogens is 156 g/mol. The van der Waals surface area contributed by atoms with Gasteiger partial charge in [0.05, 0.1) is 0 Å². The molecule has 0 aromatic rings. The molecule has 0 aromatic carbocycles. The van der Waals surface area contributed by atoms with E-state index in [1.165, 1.54) is 6.38 Å². The van der Waals surface area contributed by atoms with Gasteiger partial charge in [-0.3, -0.25) is 0 Å². The molecule has 0 atom stereocenters. The summed E-state index contributed by atoms with van der Waals surface area (Å²) in [4.78, 5) is 0. The molecular formula is C5H15ClO2Si. The summed E-state index contributed by atoms with van der Waals surface area (Å²) in [7, 11) is -0.589. The first-order valence-corrected chi connectivity index (χ1v) is 4.86. The second-order valence-corrected chi connectivity index (χ2v) is 2.16. The molecule has 4 heteroatoms. The standard InChI is InChI=1S/C4H12O2Si.CH3Cl/c1-3-5-7-6-4-2;1-2/h3-4,7H2,1-2H3;1H3. The van der Waals surface area contributed by atoms with Crippen molar-refractivity contribution in [3.8, 4) is 0 Å².